The summed E-state index contributed by atoms with van der Waals surface area (Å²) >= 11 is 0. The molecule has 0 fully saturated rings. The standard InChI is InChI=1S/C26H32N2O5/c1-15(2)9-21(27)22(29)12-18-11-17(7-8-23(18)30-4)20-14-33-28-25(20)19-10-16(3)26(32-6)24(13-19)31-5/h7-8,10-11,13-15,21H,9,12,27H2,1-6H3. The summed E-state index contributed by atoms with van der Waals surface area (Å²) in [5.41, 5.74) is 11.0. The highest BCUT2D eigenvalue weighted by Crippen LogP contribution is 2.39. The molecule has 2 N–H and O–H groups in total. The van der Waals surface area contributed by atoms with Gasteiger partial charge < -0.3 is 24.5 Å². The summed E-state index contributed by atoms with van der Waals surface area (Å²) in [7, 11) is 4.80. The Morgan fingerprint density at radius 2 is 1.76 bits per heavy atom. The Bertz CT molecular complexity index is 1120. The Kier molecular flexibility index (Phi) is 7.76. The SMILES string of the molecule is COc1ccc(-c2conc2-c2cc(C)c(OC)c(OC)c2)cc1CC(=O)C(N)CC(C)C. The lowest BCUT2D eigenvalue weighted by Gasteiger charge is -2.15. The maximum atomic E-state index is 12.7. The minimum atomic E-state index is -0.501. The molecule has 0 saturated carbocycles. The molecule has 176 valence electrons. The van der Waals surface area contributed by atoms with Gasteiger partial charge in [-0.15, -0.1) is 0 Å². The van der Waals surface area contributed by atoms with Gasteiger partial charge in [0.25, 0.3) is 0 Å². The Balaban J connectivity index is 2.00. The lowest BCUT2D eigenvalue weighted by molar-refractivity contribution is -0.120. The molecule has 0 spiro atoms. The summed E-state index contributed by atoms with van der Waals surface area (Å²) < 4.78 is 21.8. The number of Topliss-reactive ketones (excluding diaryl/α,β-unsaturated/α-hetero) is 1. The van der Waals surface area contributed by atoms with Crippen molar-refractivity contribution in [3.8, 4) is 39.6 Å². The molecule has 0 radical (unpaired) electrons. The highest BCUT2D eigenvalue weighted by molar-refractivity contribution is 5.87. The van der Waals surface area contributed by atoms with E-state index in [9.17, 15) is 4.79 Å². The van der Waals surface area contributed by atoms with Crippen LogP contribution in [0.15, 0.2) is 41.1 Å². The number of nitrogens with two attached hydrogens (primary N) is 1. The summed E-state index contributed by atoms with van der Waals surface area (Å²) in [5, 5.41) is 4.24. The van der Waals surface area contributed by atoms with E-state index in [-0.39, 0.29) is 12.2 Å². The molecule has 1 unspecified atom stereocenters. The minimum Gasteiger partial charge on any atom is -0.496 e. The number of nitrogens with zero attached hydrogens (tertiary/aromatic N) is 1. The van der Waals surface area contributed by atoms with Crippen molar-refractivity contribution in [3.05, 3.63) is 47.7 Å². The molecule has 1 heterocycles. The number of methoxy groups -OCH3 is 3. The summed E-state index contributed by atoms with van der Waals surface area (Å²) in [6.45, 7) is 6.05. The molecular weight excluding hydrogens is 420 g/mol. The molecule has 0 aliphatic heterocycles. The van der Waals surface area contributed by atoms with Gasteiger partial charge in [-0.25, -0.2) is 0 Å². The molecule has 0 aliphatic rings. The van der Waals surface area contributed by atoms with Gasteiger partial charge in [0.05, 0.1) is 27.4 Å². The first-order valence-corrected chi connectivity index (χ1v) is 10.9. The second-order valence-corrected chi connectivity index (χ2v) is 8.51. The number of hydrogen-bond acceptors (Lipinski definition) is 7. The first kappa shape index (κ1) is 24.3. The molecule has 2 aromatic carbocycles. The van der Waals surface area contributed by atoms with E-state index in [1.165, 1.54) is 0 Å². The highest BCUT2D eigenvalue weighted by atomic mass is 16.5. The van der Waals surface area contributed by atoms with Gasteiger partial charge in [0.2, 0.25) is 0 Å². The van der Waals surface area contributed by atoms with Gasteiger partial charge in [-0.05, 0) is 54.7 Å². The van der Waals surface area contributed by atoms with E-state index in [0.717, 1.165) is 27.8 Å². The third-order valence-electron chi connectivity index (χ3n) is 5.60. The van der Waals surface area contributed by atoms with Crippen molar-refractivity contribution in [3.63, 3.8) is 0 Å². The van der Waals surface area contributed by atoms with E-state index >= 15 is 0 Å². The van der Waals surface area contributed by atoms with Gasteiger partial charge in [-0.2, -0.15) is 0 Å². The van der Waals surface area contributed by atoms with Crippen molar-refractivity contribution in [2.24, 2.45) is 11.7 Å². The molecule has 1 atom stereocenters. The molecule has 7 heteroatoms. The highest BCUT2D eigenvalue weighted by Gasteiger charge is 2.20. The third kappa shape index (κ3) is 5.37. The van der Waals surface area contributed by atoms with E-state index in [2.05, 4.69) is 19.0 Å². The van der Waals surface area contributed by atoms with Gasteiger partial charge in [0.1, 0.15) is 17.7 Å². The molecule has 3 aromatic rings. The zero-order valence-electron chi connectivity index (χ0n) is 20.1. The number of benzene rings is 2. The normalized spacial score (nSPS) is 12.0. The van der Waals surface area contributed by atoms with Crippen LogP contribution in [0.5, 0.6) is 17.2 Å². The number of carbonyl (C=O) groups excluding carboxylic acids is 1. The fourth-order valence-corrected chi connectivity index (χ4v) is 3.98. The molecule has 0 saturated heterocycles. The number of aryl methyl sites for hydroxylation is 1. The van der Waals surface area contributed by atoms with Crippen LogP contribution in [0.25, 0.3) is 22.4 Å². The van der Waals surface area contributed by atoms with Crippen LogP contribution in [0.4, 0.5) is 0 Å². The maximum Gasteiger partial charge on any atom is 0.163 e. The quantitative estimate of drug-likeness (QED) is 0.471. The molecule has 7 nitrogen and oxygen atoms in total. The molecular formula is C26H32N2O5. The molecule has 0 amide bonds. The van der Waals surface area contributed by atoms with Gasteiger partial charge in [-0.3, -0.25) is 4.79 Å². The number of aromatic nitrogens is 1. The van der Waals surface area contributed by atoms with Gasteiger partial charge in [0.15, 0.2) is 17.3 Å². The number of ether oxygens (including phenoxy) is 3. The number of carbonyl (C=O) groups is 1. The van der Waals surface area contributed by atoms with Crippen LogP contribution in [0.2, 0.25) is 0 Å². The van der Waals surface area contributed by atoms with E-state index in [1.807, 2.05) is 37.3 Å². The van der Waals surface area contributed by atoms with Crippen LogP contribution in [0.3, 0.4) is 0 Å². The second kappa shape index (κ2) is 10.5. The third-order valence-corrected chi connectivity index (χ3v) is 5.60. The zero-order valence-corrected chi connectivity index (χ0v) is 20.1. The van der Waals surface area contributed by atoms with E-state index < -0.39 is 6.04 Å². The Hall–Kier alpha value is -3.32. The van der Waals surface area contributed by atoms with E-state index in [4.69, 9.17) is 24.5 Å². The van der Waals surface area contributed by atoms with Crippen molar-refractivity contribution in [1.82, 2.24) is 5.16 Å². The summed E-state index contributed by atoms with van der Waals surface area (Å²) in [6, 6.07) is 9.04. The van der Waals surface area contributed by atoms with Crippen LogP contribution < -0.4 is 19.9 Å². The summed E-state index contributed by atoms with van der Waals surface area (Å²) in [4.78, 5) is 12.7. The first-order chi connectivity index (χ1) is 15.8. The van der Waals surface area contributed by atoms with Crippen molar-refractivity contribution >= 4 is 5.78 Å². The Morgan fingerprint density at radius 1 is 1.03 bits per heavy atom. The number of hydrogen-bond donors (Lipinski definition) is 1. The molecule has 1 aromatic heterocycles. The van der Waals surface area contributed by atoms with Crippen molar-refractivity contribution in [2.75, 3.05) is 21.3 Å². The van der Waals surface area contributed by atoms with Crippen LogP contribution >= 0.6 is 0 Å². The average molecular weight is 453 g/mol. The fraction of sp³-hybridized carbons (Fsp3) is 0.385. The van der Waals surface area contributed by atoms with Gasteiger partial charge in [-0.1, -0.05) is 25.1 Å². The first-order valence-electron chi connectivity index (χ1n) is 10.9. The second-order valence-electron chi connectivity index (χ2n) is 8.51. The lowest BCUT2D eigenvalue weighted by atomic mass is 9.94. The number of ketones is 1. The Labute approximate surface area is 194 Å². The van der Waals surface area contributed by atoms with Crippen molar-refractivity contribution < 1.29 is 23.5 Å². The van der Waals surface area contributed by atoms with E-state index in [0.29, 0.717) is 35.3 Å². The fourth-order valence-electron chi connectivity index (χ4n) is 3.98. The largest absolute Gasteiger partial charge is 0.496 e. The van der Waals surface area contributed by atoms with Gasteiger partial charge >= 0.3 is 0 Å². The molecule has 0 bridgehead atoms. The van der Waals surface area contributed by atoms with Crippen molar-refractivity contribution in [1.29, 1.82) is 0 Å². The molecule has 33 heavy (non-hydrogen) atoms. The molecule has 3 rings (SSSR count). The monoisotopic (exact) mass is 452 g/mol. The van der Waals surface area contributed by atoms with E-state index in [1.54, 1.807) is 27.6 Å². The summed E-state index contributed by atoms with van der Waals surface area (Å²) in [5.74, 6) is 2.27. The minimum absolute atomic E-state index is 0.0137. The lowest BCUT2D eigenvalue weighted by Crippen LogP contribution is -2.33. The zero-order chi connectivity index (χ0) is 24.1. The molecule has 0 aliphatic carbocycles. The predicted molar refractivity (Wildman–Crippen MR) is 128 cm³/mol. The van der Waals surface area contributed by atoms with Crippen molar-refractivity contribution in [2.45, 2.75) is 39.7 Å². The summed E-state index contributed by atoms with van der Waals surface area (Å²) in [6.07, 6.45) is 2.44. The number of rotatable bonds is 10. The predicted octanol–water partition coefficient (Wildman–Crippen LogP) is 4.83. The van der Waals surface area contributed by atoms with Gasteiger partial charge in [0, 0.05) is 23.1 Å². The van der Waals surface area contributed by atoms with Crippen LogP contribution in [-0.4, -0.2) is 38.3 Å². The Morgan fingerprint density at radius 3 is 2.39 bits per heavy atom. The maximum absolute atomic E-state index is 12.7. The average Bonchev–Trinajstić information content (AvgIpc) is 3.28. The van der Waals surface area contributed by atoms with Crippen LogP contribution in [0.1, 0.15) is 31.4 Å². The topological polar surface area (TPSA) is 96.8 Å². The van der Waals surface area contributed by atoms with Crippen LogP contribution in [0, 0.1) is 12.8 Å². The smallest absolute Gasteiger partial charge is 0.163 e. The van der Waals surface area contributed by atoms with Crippen LogP contribution in [-0.2, 0) is 11.2 Å².